The Hall–Kier alpha value is -3.40. The summed E-state index contributed by atoms with van der Waals surface area (Å²) in [5.41, 5.74) is 2.36. The molecule has 142 valence electrons. The van der Waals surface area contributed by atoms with Gasteiger partial charge in [0.15, 0.2) is 12.4 Å². The first-order valence-electron chi connectivity index (χ1n) is 9.16. The van der Waals surface area contributed by atoms with Crippen LogP contribution in [0.2, 0.25) is 0 Å². The highest BCUT2D eigenvalue weighted by molar-refractivity contribution is 6.09. The van der Waals surface area contributed by atoms with Gasteiger partial charge in [-0.15, -0.1) is 0 Å². The molecule has 3 rings (SSSR count). The molecule has 0 aliphatic carbocycles. The Balaban J connectivity index is 1.53. The zero-order valence-electron chi connectivity index (χ0n) is 15.9. The lowest BCUT2D eigenvalue weighted by atomic mass is 10.0. The smallest absolute Gasteiger partial charge is 0.349 e. The van der Waals surface area contributed by atoms with Crippen LogP contribution in [-0.4, -0.2) is 18.4 Å². The van der Waals surface area contributed by atoms with E-state index in [1.165, 1.54) is 5.56 Å². The molecule has 0 fully saturated rings. The third-order valence-corrected chi connectivity index (χ3v) is 4.29. The van der Waals surface area contributed by atoms with E-state index in [2.05, 4.69) is 13.8 Å². The summed E-state index contributed by atoms with van der Waals surface area (Å²) in [4.78, 5) is 24.4. The molecule has 0 aliphatic rings. The molecule has 0 unspecified atom stereocenters. The average molecular weight is 374 g/mol. The van der Waals surface area contributed by atoms with Crippen molar-refractivity contribution in [3.05, 3.63) is 95.6 Å². The Kier molecular flexibility index (Phi) is 6.22. The van der Waals surface area contributed by atoms with E-state index in [0.29, 0.717) is 28.5 Å². The first-order valence-corrected chi connectivity index (χ1v) is 9.16. The third kappa shape index (κ3) is 5.07. The summed E-state index contributed by atoms with van der Waals surface area (Å²) in [7, 11) is 0. The summed E-state index contributed by atoms with van der Waals surface area (Å²) in [6.07, 6.45) is 0. The lowest BCUT2D eigenvalue weighted by molar-refractivity contribution is -0.136. The van der Waals surface area contributed by atoms with Crippen molar-refractivity contribution in [1.29, 1.82) is 0 Å². The topological polar surface area (TPSA) is 52.6 Å². The van der Waals surface area contributed by atoms with Gasteiger partial charge in [-0.3, -0.25) is 4.79 Å². The Morgan fingerprint density at radius 2 is 1.32 bits per heavy atom. The van der Waals surface area contributed by atoms with Gasteiger partial charge in [-0.1, -0.05) is 56.3 Å². The van der Waals surface area contributed by atoms with Crippen LogP contribution >= 0.6 is 0 Å². The van der Waals surface area contributed by atoms with E-state index in [9.17, 15) is 9.59 Å². The van der Waals surface area contributed by atoms with Gasteiger partial charge < -0.3 is 9.47 Å². The predicted molar refractivity (Wildman–Crippen MR) is 108 cm³/mol. The molecule has 4 heteroatoms. The average Bonchev–Trinajstić information content (AvgIpc) is 2.73. The molecular weight excluding hydrogens is 352 g/mol. The summed E-state index contributed by atoms with van der Waals surface area (Å²) >= 11 is 0. The highest BCUT2D eigenvalue weighted by Gasteiger charge is 2.10. The molecule has 0 bridgehead atoms. The van der Waals surface area contributed by atoms with Crippen LogP contribution in [0.15, 0.2) is 78.9 Å². The lowest BCUT2D eigenvalue weighted by Gasteiger charge is -2.09. The molecule has 0 atom stereocenters. The fourth-order valence-electron chi connectivity index (χ4n) is 2.68. The van der Waals surface area contributed by atoms with Crippen LogP contribution in [-0.2, 0) is 4.79 Å². The number of ether oxygens (including phenoxy) is 2. The minimum absolute atomic E-state index is 0.0772. The van der Waals surface area contributed by atoms with Gasteiger partial charge in [0.2, 0.25) is 0 Å². The van der Waals surface area contributed by atoms with Gasteiger partial charge in [-0.05, 0) is 47.9 Å². The fraction of sp³-hybridized carbons (Fsp3) is 0.167. The summed E-state index contributed by atoms with van der Waals surface area (Å²) in [6, 6.07) is 23.2. The van der Waals surface area contributed by atoms with E-state index in [1.807, 2.05) is 42.5 Å². The molecule has 28 heavy (non-hydrogen) atoms. The number of carbonyl (C=O) groups is 2. The van der Waals surface area contributed by atoms with Crippen LogP contribution in [0.4, 0.5) is 0 Å². The molecule has 0 aromatic heterocycles. The number of rotatable bonds is 7. The molecule has 0 saturated carbocycles. The van der Waals surface area contributed by atoms with E-state index in [1.54, 1.807) is 36.4 Å². The van der Waals surface area contributed by atoms with Gasteiger partial charge in [-0.25, -0.2) is 4.79 Å². The van der Waals surface area contributed by atoms with Crippen molar-refractivity contribution < 1.29 is 19.1 Å². The first-order chi connectivity index (χ1) is 13.5. The Morgan fingerprint density at radius 3 is 1.93 bits per heavy atom. The fourth-order valence-corrected chi connectivity index (χ4v) is 2.68. The van der Waals surface area contributed by atoms with E-state index < -0.39 is 5.97 Å². The molecular formula is C24H22O4. The molecule has 0 heterocycles. The number of hydrogen-bond donors (Lipinski definition) is 0. The highest BCUT2D eigenvalue weighted by Crippen LogP contribution is 2.19. The van der Waals surface area contributed by atoms with Gasteiger partial charge in [0.1, 0.15) is 11.5 Å². The monoisotopic (exact) mass is 374 g/mol. The number of carbonyl (C=O) groups excluding carboxylic acids is 2. The van der Waals surface area contributed by atoms with Crippen molar-refractivity contribution in [2.45, 2.75) is 19.8 Å². The molecule has 0 N–H and O–H groups in total. The largest absolute Gasteiger partial charge is 0.482 e. The van der Waals surface area contributed by atoms with Crippen molar-refractivity contribution in [3.8, 4) is 11.5 Å². The van der Waals surface area contributed by atoms with Gasteiger partial charge >= 0.3 is 5.97 Å². The minimum atomic E-state index is -0.505. The summed E-state index contributed by atoms with van der Waals surface area (Å²) < 4.78 is 10.7. The zero-order chi connectivity index (χ0) is 19.9. The maximum Gasteiger partial charge on any atom is 0.349 e. The highest BCUT2D eigenvalue weighted by atomic mass is 16.6. The Morgan fingerprint density at radius 1 is 0.750 bits per heavy atom. The van der Waals surface area contributed by atoms with Crippen molar-refractivity contribution in [1.82, 2.24) is 0 Å². The van der Waals surface area contributed by atoms with Crippen molar-refractivity contribution in [2.75, 3.05) is 6.61 Å². The van der Waals surface area contributed by atoms with Crippen molar-refractivity contribution >= 4 is 11.8 Å². The second-order valence-electron chi connectivity index (χ2n) is 6.71. The van der Waals surface area contributed by atoms with Crippen LogP contribution in [0.25, 0.3) is 0 Å². The maximum atomic E-state index is 12.4. The molecule has 0 aliphatic heterocycles. The summed E-state index contributed by atoms with van der Waals surface area (Å²) in [5, 5.41) is 0. The SMILES string of the molecule is CC(C)c1ccc(OCC(=O)Oc2ccc(C(=O)c3ccccc3)cc2)cc1. The van der Waals surface area contributed by atoms with Crippen LogP contribution in [0.3, 0.4) is 0 Å². The van der Waals surface area contributed by atoms with Crippen molar-refractivity contribution in [2.24, 2.45) is 0 Å². The number of esters is 1. The van der Waals surface area contributed by atoms with E-state index in [-0.39, 0.29) is 12.4 Å². The van der Waals surface area contributed by atoms with Crippen LogP contribution in [0, 0.1) is 0 Å². The van der Waals surface area contributed by atoms with E-state index in [0.717, 1.165) is 0 Å². The van der Waals surface area contributed by atoms with Crippen molar-refractivity contribution in [3.63, 3.8) is 0 Å². The normalized spacial score (nSPS) is 10.5. The van der Waals surface area contributed by atoms with E-state index in [4.69, 9.17) is 9.47 Å². The van der Waals surface area contributed by atoms with Crippen LogP contribution in [0.5, 0.6) is 11.5 Å². The Labute approximate surface area is 164 Å². The quantitative estimate of drug-likeness (QED) is 0.331. The molecule has 0 spiro atoms. The third-order valence-electron chi connectivity index (χ3n) is 4.29. The minimum Gasteiger partial charge on any atom is -0.482 e. The summed E-state index contributed by atoms with van der Waals surface area (Å²) in [5.74, 6) is 0.844. The predicted octanol–water partition coefficient (Wildman–Crippen LogP) is 5.03. The van der Waals surface area contributed by atoms with E-state index >= 15 is 0 Å². The molecule has 0 amide bonds. The van der Waals surface area contributed by atoms with Crippen LogP contribution < -0.4 is 9.47 Å². The maximum absolute atomic E-state index is 12.4. The second kappa shape index (κ2) is 9.00. The number of ketones is 1. The first kappa shape index (κ1) is 19.4. The van der Waals surface area contributed by atoms with Gasteiger partial charge in [0.05, 0.1) is 0 Å². The zero-order valence-corrected chi connectivity index (χ0v) is 15.9. The summed E-state index contributed by atoms with van der Waals surface area (Å²) in [6.45, 7) is 4.05. The standard InChI is InChI=1S/C24H22O4/c1-17(2)18-8-12-21(13-9-18)27-16-23(25)28-22-14-10-20(11-15-22)24(26)19-6-4-3-5-7-19/h3-15,17H,16H2,1-2H3. The lowest BCUT2D eigenvalue weighted by Crippen LogP contribution is -2.17. The number of benzene rings is 3. The molecule has 0 radical (unpaired) electrons. The molecule has 3 aromatic carbocycles. The second-order valence-corrected chi connectivity index (χ2v) is 6.71. The van der Waals surface area contributed by atoms with Gasteiger partial charge in [0, 0.05) is 11.1 Å². The van der Waals surface area contributed by atoms with Gasteiger partial charge in [0.25, 0.3) is 0 Å². The molecule has 3 aromatic rings. The number of hydrogen-bond acceptors (Lipinski definition) is 4. The van der Waals surface area contributed by atoms with Gasteiger partial charge in [-0.2, -0.15) is 0 Å². The molecule has 0 saturated heterocycles. The van der Waals surface area contributed by atoms with Crippen LogP contribution in [0.1, 0.15) is 41.3 Å². The Bertz CT molecular complexity index is 927. The molecule has 4 nitrogen and oxygen atoms in total.